The van der Waals surface area contributed by atoms with Crippen molar-refractivity contribution < 1.29 is 28.9 Å². The highest BCUT2D eigenvalue weighted by molar-refractivity contribution is 6.03. The highest BCUT2D eigenvalue weighted by atomic mass is 17.3. The van der Waals surface area contributed by atoms with Crippen LogP contribution >= 0.6 is 0 Å². The smallest absolute Gasteiger partial charge is 0.273 e. The van der Waals surface area contributed by atoms with Crippen LogP contribution in [0.1, 0.15) is 22.8 Å². The molecule has 0 saturated carbocycles. The molecule has 1 saturated heterocycles. The summed E-state index contributed by atoms with van der Waals surface area (Å²) in [6.07, 6.45) is 0. The molecule has 0 aromatic heterocycles. The fourth-order valence-electron chi connectivity index (χ4n) is 2.90. The first kappa shape index (κ1) is 19.7. The van der Waals surface area contributed by atoms with Gasteiger partial charge in [0.25, 0.3) is 11.8 Å². The van der Waals surface area contributed by atoms with Crippen molar-refractivity contribution >= 4 is 11.8 Å². The van der Waals surface area contributed by atoms with E-state index in [1.165, 1.54) is 14.2 Å². The molecule has 2 amide bonds. The molecule has 0 bridgehead atoms. The molecular weight excluding hydrogens is 364 g/mol. The van der Waals surface area contributed by atoms with Crippen molar-refractivity contribution in [2.75, 3.05) is 14.2 Å². The van der Waals surface area contributed by atoms with Gasteiger partial charge in [0.15, 0.2) is 0 Å². The molecule has 8 nitrogen and oxygen atoms in total. The summed E-state index contributed by atoms with van der Waals surface area (Å²) in [6.45, 7) is 1.95. The average Bonchev–Trinajstić information content (AvgIpc) is 2.74. The second-order valence-electron chi connectivity index (χ2n) is 6.22. The molecule has 1 aliphatic heterocycles. The summed E-state index contributed by atoms with van der Waals surface area (Å²) in [4.78, 5) is 35.2. The number of ether oxygens (including phenoxy) is 2. The minimum Gasteiger partial charge on any atom is -0.496 e. The van der Waals surface area contributed by atoms with Crippen molar-refractivity contribution in [1.82, 2.24) is 10.4 Å². The van der Waals surface area contributed by atoms with Crippen molar-refractivity contribution in [3.8, 4) is 11.5 Å². The lowest BCUT2D eigenvalue weighted by Gasteiger charge is -2.42. The molecule has 3 rings (SSSR count). The summed E-state index contributed by atoms with van der Waals surface area (Å²) in [6, 6.07) is 13.3. The summed E-state index contributed by atoms with van der Waals surface area (Å²) in [7, 11) is 2.92. The van der Waals surface area contributed by atoms with Crippen LogP contribution < -0.4 is 14.8 Å². The Labute approximate surface area is 162 Å². The third-order valence-corrected chi connectivity index (χ3v) is 4.48. The maximum atomic E-state index is 12.7. The first-order valence-electron chi connectivity index (χ1n) is 8.75. The fourth-order valence-corrected chi connectivity index (χ4v) is 2.90. The third-order valence-electron chi connectivity index (χ3n) is 4.48. The number of benzene rings is 2. The van der Waals surface area contributed by atoms with Crippen LogP contribution in [0.2, 0.25) is 0 Å². The second-order valence-corrected chi connectivity index (χ2v) is 6.22. The van der Waals surface area contributed by atoms with E-state index in [9.17, 15) is 9.59 Å². The SMILES string of the molecule is COc1cccc(OC)c1C(=O)N[C@@H]1C(=O)N(OOCc2ccccc2)C1C. The fraction of sp³-hybridized carbons (Fsp3) is 0.300. The van der Waals surface area contributed by atoms with Crippen molar-refractivity contribution in [1.29, 1.82) is 0 Å². The van der Waals surface area contributed by atoms with Crippen LogP contribution in [0, 0.1) is 0 Å². The zero-order valence-corrected chi connectivity index (χ0v) is 15.9. The zero-order chi connectivity index (χ0) is 20.1. The molecule has 2 atom stereocenters. The Balaban J connectivity index is 1.58. The van der Waals surface area contributed by atoms with Crippen LogP contribution in [-0.2, 0) is 21.3 Å². The predicted octanol–water partition coefficient (Wildman–Crippen LogP) is 2.10. The Hall–Kier alpha value is -3.10. The van der Waals surface area contributed by atoms with Gasteiger partial charge in [-0.2, -0.15) is 5.06 Å². The molecule has 1 N–H and O–H groups in total. The minimum absolute atomic E-state index is 0.201. The number of hydroxylamine groups is 2. The predicted molar refractivity (Wildman–Crippen MR) is 99.4 cm³/mol. The van der Waals surface area contributed by atoms with E-state index in [0.29, 0.717) is 11.5 Å². The number of β-lactam (4-membered cyclic amide) rings is 1. The number of nitrogens with one attached hydrogen (secondary N) is 1. The Morgan fingerprint density at radius 3 is 2.25 bits per heavy atom. The number of carbonyl (C=O) groups is 2. The molecule has 1 aliphatic rings. The molecule has 0 aliphatic carbocycles. The zero-order valence-electron chi connectivity index (χ0n) is 15.9. The molecule has 28 heavy (non-hydrogen) atoms. The van der Waals surface area contributed by atoms with E-state index in [4.69, 9.17) is 19.3 Å². The van der Waals surface area contributed by atoms with Gasteiger partial charge in [-0.1, -0.05) is 36.4 Å². The van der Waals surface area contributed by atoms with Gasteiger partial charge in [0.05, 0.1) is 20.3 Å². The summed E-state index contributed by atoms with van der Waals surface area (Å²) in [5.74, 6) is -0.154. The molecule has 1 heterocycles. The van der Waals surface area contributed by atoms with Crippen LogP contribution in [0.4, 0.5) is 0 Å². The highest BCUT2D eigenvalue weighted by Gasteiger charge is 2.48. The Morgan fingerprint density at radius 2 is 1.68 bits per heavy atom. The lowest BCUT2D eigenvalue weighted by molar-refractivity contribution is -0.438. The van der Waals surface area contributed by atoms with Gasteiger partial charge in [-0.25, -0.2) is 4.89 Å². The van der Waals surface area contributed by atoms with Crippen molar-refractivity contribution in [3.63, 3.8) is 0 Å². The molecule has 148 valence electrons. The molecule has 1 unspecified atom stereocenters. The molecular formula is C20H22N2O6. The van der Waals surface area contributed by atoms with E-state index in [0.717, 1.165) is 10.6 Å². The van der Waals surface area contributed by atoms with Gasteiger partial charge in [-0.05, 0) is 24.6 Å². The maximum absolute atomic E-state index is 12.7. The summed E-state index contributed by atoms with van der Waals surface area (Å²) in [5, 5.41) is 3.78. The average molecular weight is 386 g/mol. The van der Waals surface area contributed by atoms with Crippen LogP contribution in [-0.4, -0.2) is 43.2 Å². The molecule has 0 radical (unpaired) electrons. The maximum Gasteiger partial charge on any atom is 0.273 e. The summed E-state index contributed by atoms with van der Waals surface area (Å²) in [5.41, 5.74) is 1.14. The lowest BCUT2D eigenvalue weighted by atomic mass is 9.99. The van der Waals surface area contributed by atoms with Gasteiger partial charge in [0, 0.05) is 0 Å². The number of carbonyl (C=O) groups excluding carboxylic acids is 2. The Morgan fingerprint density at radius 1 is 1.04 bits per heavy atom. The van der Waals surface area contributed by atoms with E-state index in [-0.39, 0.29) is 12.2 Å². The number of amides is 2. The van der Waals surface area contributed by atoms with Crippen molar-refractivity contribution in [2.45, 2.75) is 25.6 Å². The van der Waals surface area contributed by atoms with Crippen LogP contribution in [0.5, 0.6) is 11.5 Å². The second kappa shape index (κ2) is 8.73. The molecule has 8 heteroatoms. The van der Waals surface area contributed by atoms with E-state index >= 15 is 0 Å². The van der Waals surface area contributed by atoms with Gasteiger partial charge in [0.2, 0.25) is 0 Å². The lowest BCUT2D eigenvalue weighted by Crippen LogP contribution is -2.69. The number of rotatable bonds is 8. The summed E-state index contributed by atoms with van der Waals surface area (Å²) >= 11 is 0. The quantitative estimate of drug-likeness (QED) is 0.425. The van der Waals surface area contributed by atoms with Gasteiger partial charge < -0.3 is 14.8 Å². The van der Waals surface area contributed by atoms with E-state index in [2.05, 4.69) is 5.32 Å². The van der Waals surface area contributed by atoms with Gasteiger partial charge in [-0.3, -0.25) is 9.59 Å². The molecule has 1 fully saturated rings. The Bertz CT molecular complexity index is 820. The van der Waals surface area contributed by atoms with Crippen molar-refractivity contribution in [2.24, 2.45) is 0 Å². The van der Waals surface area contributed by atoms with Crippen LogP contribution in [0.25, 0.3) is 0 Å². The molecule has 2 aromatic rings. The summed E-state index contributed by atoms with van der Waals surface area (Å²) < 4.78 is 10.5. The highest BCUT2D eigenvalue weighted by Crippen LogP contribution is 2.29. The minimum atomic E-state index is -0.734. The number of methoxy groups -OCH3 is 2. The van der Waals surface area contributed by atoms with Crippen molar-refractivity contribution in [3.05, 3.63) is 59.7 Å². The van der Waals surface area contributed by atoms with Gasteiger partial charge in [-0.15, -0.1) is 4.99 Å². The topological polar surface area (TPSA) is 86.3 Å². The van der Waals surface area contributed by atoms with Gasteiger partial charge >= 0.3 is 0 Å². The first-order valence-corrected chi connectivity index (χ1v) is 8.75. The van der Waals surface area contributed by atoms with E-state index in [1.807, 2.05) is 30.3 Å². The first-order chi connectivity index (χ1) is 13.6. The Kier molecular flexibility index (Phi) is 6.13. The van der Waals surface area contributed by atoms with Gasteiger partial charge in [0.1, 0.15) is 29.7 Å². The standard InChI is InChI=1S/C20H22N2O6/c1-13-18(20(24)22(13)28-27-12-14-8-5-4-6-9-14)21-19(23)17-15(25-2)10-7-11-16(17)26-3/h4-11,13,18H,12H2,1-3H3,(H,21,23)/t13?,18-/m0/s1. The molecule has 0 spiro atoms. The third kappa shape index (κ3) is 3.92. The monoisotopic (exact) mass is 386 g/mol. The van der Waals surface area contributed by atoms with E-state index in [1.54, 1.807) is 25.1 Å². The number of hydrogen-bond acceptors (Lipinski definition) is 6. The number of nitrogens with zero attached hydrogens (tertiary/aromatic N) is 1. The van der Waals surface area contributed by atoms with Crippen LogP contribution in [0.3, 0.4) is 0 Å². The largest absolute Gasteiger partial charge is 0.496 e. The van der Waals surface area contributed by atoms with E-state index < -0.39 is 23.9 Å². The number of hydrogen-bond donors (Lipinski definition) is 1. The normalized spacial score (nSPS) is 18.4. The molecule has 2 aromatic carbocycles. The van der Waals surface area contributed by atoms with Crippen LogP contribution in [0.15, 0.2) is 48.5 Å².